The first-order chi connectivity index (χ1) is 13.8. The predicted molar refractivity (Wildman–Crippen MR) is 98.4 cm³/mol. The molecule has 10 heteroatoms. The van der Waals surface area contributed by atoms with E-state index >= 15 is 0 Å². The standard InChI is InChI=1S/C18H15N9O/c28-12-13-1-2-18-22-15(9-25(18)8-13)10-26-11-17(23-24-26)14-5-16(7-19-6-14)27-20-3-4-21-27/h1-9,11,28H,10,12H2. The summed E-state index contributed by atoms with van der Waals surface area (Å²) in [4.78, 5) is 10.3. The third kappa shape index (κ3) is 3.01. The number of nitrogens with zero attached hydrogens (tertiary/aromatic N) is 9. The molecule has 5 aromatic heterocycles. The molecule has 5 rings (SSSR count). The summed E-state index contributed by atoms with van der Waals surface area (Å²) >= 11 is 0. The van der Waals surface area contributed by atoms with Crippen LogP contribution >= 0.6 is 0 Å². The van der Waals surface area contributed by atoms with Gasteiger partial charge in [-0.1, -0.05) is 11.3 Å². The average molecular weight is 373 g/mol. The Balaban J connectivity index is 1.40. The number of aromatic nitrogens is 9. The first-order valence-electron chi connectivity index (χ1n) is 8.58. The summed E-state index contributed by atoms with van der Waals surface area (Å²) in [6, 6.07) is 5.64. The lowest BCUT2D eigenvalue weighted by Crippen LogP contribution is -2.00. The van der Waals surface area contributed by atoms with Crippen molar-refractivity contribution in [2.45, 2.75) is 13.2 Å². The van der Waals surface area contributed by atoms with Crippen molar-refractivity contribution in [1.29, 1.82) is 0 Å². The van der Waals surface area contributed by atoms with Crippen LogP contribution in [0.1, 0.15) is 11.3 Å². The van der Waals surface area contributed by atoms with Gasteiger partial charge in [-0.3, -0.25) is 4.98 Å². The number of rotatable bonds is 5. The highest BCUT2D eigenvalue weighted by molar-refractivity contribution is 5.59. The van der Waals surface area contributed by atoms with Crippen molar-refractivity contribution < 1.29 is 5.11 Å². The quantitative estimate of drug-likeness (QED) is 0.491. The normalized spacial score (nSPS) is 11.3. The molecule has 0 aliphatic heterocycles. The Labute approximate surface area is 158 Å². The van der Waals surface area contributed by atoms with E-state index in [0.29, 0.717) is 12.2 Å². The fraction of sp³-hybridized carbons (Fsp3) is 0.111. The summed E-state index contributed by atoms with van der Waals surface area (Å²) in [5, 5.41) is 25.9. The summed E-state index contributed by atoms with van der Waals surface area (Å²) in [7, 11) is 0. The molecule has 0 bridgehead atoms. The number of aliphatic hydroxyl groups is 1. The number of fused-ring (bicyclic) bond motifs is 1. The van der Waals surface area contributed by atoms with Gasteiger partial charge >= 0.3 is 0 Å². The maximum absolute atomic E-state index is 9.26. The Morgan fingerprint density at radius 1 is 1.00 bits per heavy atom. The molecule has 0 fully saturated rings. The second kappa shape index (κ2) is 6.67. The number of aliphatic hydroxyl groups excluding tert-OH is 1. The number of hydrogen-bond donors (Lipinski definition) is 1. The van der Waals surface area contributed by atoms with Crippen molar-refractivity contribution in [2.24, 2.45) is 0 Å². The zero-order valence-electron chi connectivity index (χ0n) is 14.7. The Bertz CT molecular complexity index is 1240. The topological polar surface area (TPSA) is 112 Å². The van der Waals surface area contributed by atoms with Gasteiger partial charge in [0.05, 0.1) is 43.6 Å². The highest BCUT2D eigenvalue weighted by atomic mass is 16.3. The molecule has 5 heterocycles. The molecule has 28 heavy (non-hydrogen) atoms. The van der Waals surface area contributed by atoms with Gasteiger partial charge in [0.15, 0.2) is 0 Å². The molecule has 5 aromatic rings. The minimum absolute atomic E-state index is 0.00294. The minimum atomic E-state index is -0.00294. The largest absolute Gasteiger partial charge is 0.392 e. The van der Waals surface area contributed by atoms with E-state index in [4.69, 9.17) is 0 Å². The molecule has 138 valence electrons. The van der Waals surface area contributed by atoms with Gasteiger partial charge in [0.1, 0.15) is 17.0 Å². The lowest BCUT2D eigenvalue weighted by atomic mass is 10.2. The third-order valence-electron chi connectivity index (χ3n) is 4.28. The lowest BCUT2D eigenvalue weighted by Gasteiger charge is -2.00. The third-order valence-corrected chi connectivity index (χ3v) is 4.28. The first kappa shape index (κ1) is 16.3. The van der Waals surface area contributed by atoms with Crippen molar-refractivity contribution >= 4 is 5.65 Å². The molecule has 0 aromatic carbocycles. The fourth-order valence-corrected chi connectivity index (χ4v) is 2.96. The zero-order chi connectivity index (χ0) is 18.9. The highest BCUT2D eigenvalue weighted by Crippen LogP contribution is 2.18. The molecule has 0 saturated carbocycles. The van der Waals surface area contributed by atoms with Crippen LogP contribution in [0.2, 0.25) is 0 Å². The summed E-state index contributed by atoms with van der Waals surface area (Å²) in [5.74, 6) is 0. The van der Waals surface area contributed by atoms with E-state index in [1.165, 1.54) is 4.80 Å². The van der Waals surface area contributed by atoms with Crippen molar-refractivity contribution in [3.8, 4) is 16.9 Å². The summed E-state index contributed by atoms with van der Waals surface area (Å²) < 4.78 is 3.62. The molecule has 0 radical (unpaired) electrons. The highest BCUT2D eigenvalue weighted by Gasteiger charge is 2.09. The Hall–Kier alpha value is -3.92. The SMILES string of the molecule is OCc1ccc2nc(Cn3cc(-c4cncc(-n5nccn5)c4)nn3)cn2c1. The van der Waals surface area contributed by atoms with Gasteiger partial charge in [0.25, 0.3) is 0 Å². The molecule has 0 amide bonds. The van der Waals surface area contributed by atoms with Crippen molar-refractivity contribution in [1.82, 2.24) is 44.4 Å². The van der Waals surface area contributed by atoms with Crippen LogP contribution in [0.15, 0.2) is 61.6 Å². The smallest absolute Gasteiger partial charge is 0.137 e. The Morgan fingerprint density at radius 2 is 1.89 bits per heavy atom. The van der Waals surface area contributed by atoms with Crippen LogP contribution in [0.5, 0.6) is 0 Å². The molecule has 0 saturated heterocycles. The van der Waals surface area contributed by atoms with E-state index < -0.39 is 0 Å². The van der Waals surface area contributed by atoms with Crippen molar-refractivity contribution in [2.75, 3.05) is 0 Å². The Kier molecular flexibility index (Phi) is 3.87. The van der Waals surface area contributed by atoms with Gasteiger partial charge in [-0.05, 0) is 17.7 Å². The molecule has 1 N–H and O–H groups in total. The van der Waals surface area contributed by atoms with Crippen LogP contribution in [-0.4, -0.2) is 49.5 Å². The van der Waals surface area contributed by atoms with Gasteiger partial charge in [-0.2, -0.15) is 15.0 Å². The van der Waals surface area contributed by atoms with E-state index in [1.54, 1.807) is 29.5 Å². The molecular formula is C18H15N9O. The van der Waals surface area contributed by atoms with Crippen LogP contribution in [0.25, 0.3) is 22.6 Å². The summed E-state index contributed by atoms with van der Waals surface area (Å²) in [5.41, 5.74) is 4.77. The maximum atomic E-state index is 9.26. The van der Waals surface area contributed by atoms with Crippen molar-refractivity contribution in [3.05, 3.63) is 72.8 Å². The van der Waals surface area contributed by atoms with Gasteiger partial charge in [-0.15, -0.1) is 5.10 Å². The predicted octanol–water partition coefficient (Wildman–Crippen LogP) is 1.11. The molecule has 10 nitrogen and oxygen atoms in total. The lowest BCUT2D eigenvalue weighted by molar-refractivity contribution is 0.281. The second-order valence-corrected chi connectivity index (χ2v) is 6.24. The van der Waals surface area contributed by atoms with Crippen LogP contribution < -0.4 is 0 Å². The first-order valence-corrected chi connectivity index (χ1v) is 8.58. The molecule has 0 unspecified atom stereocenters. The number of hydrogen-bond acceptors (Lipinski definition) is 7. The monoisotopic (exact) mass is 373 g/mol. The second-order valence-electron chi connectivity index (χ2n) is 6.24. The van der Waals surface area contributed by atoms with Crippen LogP contribution in [0, 0.1) is 0 Å². The van der Waals surface area contributed by atoms with E-state index in [0.717, 1.165) is 28.2 Å². The van der Waals surface area contributed by atoms with E-state index in [-0.39, 0.29) is 6.61 Å². The molecule has 0 aliphatic rings. The molecule has 0 spiro atoms. The van der Waals surface area contributed by atoms with Gasteiger partial charge in [-0.25, -0.2) is 9.67 Å². The van der Waals surface area contributed by atoms with Gasteiger partial charge < -0.3 is 9.51 Å². The van der Waals surface area contributed by atoms with E-state index in [2.05, 4.69) is 30.5 Å². The summed E-state index contributed by atoms with van der Waals surface area (Å²) in [6.45, 7) is 0.480. The Morgan fingerprint density at radius 3 is 2.75 bits per heavy atom. The van der Waals surface area contributed by atoms with E-state index in [1.807, 2.05) is 41.2 Å². The number of pyridine rings is 2. The van der Waals surface area contributed by atoms with Crippen molar-refractivity contribution in [3.63, 3.8) is 0 Å². The maximum Gasteiger partial charge on any atom is 0.137 e. The molecular weight excluding hydrogens is 358 g/mol. The minimum Gasteiger partial charge on any atom is -0.392 e. The molecule has 0 atom stereocenters. The fourth-order valence-electron chi connectivity index (χ4n) is 2.96. The van der Waals surface area contributed by atoms with Crippen LogP contribution in [0.4, 0.5) is 0 Å². The zero-order valence-corrected chi connectivity index (χ0v) is 14.7. The summed E-state index contributed by atoms with van der Waals surface area (Å²) in [6.07, 6.45) is 12.3. The van der Waals surface area contributed by atoms with Gasteiger partial charge in [0, 0.05) is 24.2 Å². The average Bonchev–Trinajstić information content (AvgIpc) is 3.48. The number of imidazole rings is 1. The van der Waals surface area contributed by atoms with E-state index in [9.17, 15) is 5.11 Å². The van der Waals surface area contributed by atoms with Gasteiger partial charge in [0.2, 0.25) is 0 Å². The molecule has 0 aliphatic carbocycles. The van der Waals surface area contributed by atoms with Crippen LogP contribution in [0.3, 0.4) is 0 Å². The van der Waals surface area contributed by atoms with Crippen LogP contribution in [-0.2, 0) is 13.2 Å².